The molecule has 0 unspecified atom stereocenters. The molecule has 0 bridgehead atoms. The van der Waals surface area contributed by atoms with Gasteiger partial charge in [0.1, 0.15) is 17.4 Å². The molecule has 2 heterocycles. The first kappa shape index (κ1) is 26.6. The van der Waals surface area contributed by atoms with Crippen molar-refractivity contribution in [3.8, 4) is 11.6 Å². The number of hydrogen-bond acceptors (Lipinski definition) is 6. The monoisotopic (exact) mass is 522 g/mol. The van der Waals surface area contributed by atoms with E-state index in [2.05, 4.69) is 15.2 Å². The summed E-state index contributed by atoms with van der Waals surface area (Å²) in [6.07, 6.45) is 1.54. The average Bonchev–Trinajstić information content (AvgIpc) is 2.91. The lowest BCUT2D eigenvalue weighted by Crippen LogP contribution is -2.55. The number of carbonyl (C=O) groups excluding carboxylic acids is 2. The van der Waals surface area contributed by atoms with E-state index in [0.29, 0.717) is 30.5 Å². The normalized spacial score (nSPS) is 14.7. The van der Waals surface area contributed by atoms with Gasteiger partial charge in [-0.2, -0.15) is 0 Å². The van der Waals surface area contributed by atoms with E-state index < -0.39 is 11.9 Å². The molecule has 194 valence electrons. The van der Waals surface area contributed by atoms with Crippen molar-refractivity contribution in [3.05, 3.63) is 88.6 Å². The van der Waals surface area contributed by atoms with Crippen molar-refractivity contribution < 1.29 is 19.1 Å². The summed E-state index contributed by atoms with van der Waals surface area (Å²) in [6, 6.07) is 17.2. The number of pyridine rings is 1. The molecule has 1 fully saturated rings. The Balaban J connectivity index is 1.47. The highest BCUT2D eigenvalue weighted by atomic mass is 35.5. The van der Waals surface area contributed by atoms with Gasteiger partial charge in [0, 0.05) is 37.4 Å². The van der Waals surface area contributed by atoms with Gasteiger partial charge in [-0.05, 0) is 55.9 Å². The van der Waals surface area contributed by atoms with Gasteiger partial charge in [-0.25, -0.2) is 4.98 Å². The Labute approximate surface area is 222 Å². The summed E-state index contributed by atoms with van der Waals surface area (Å²) in [7, 11) is 2.02. The van der Waals surface area contributed by atoms with Gasteiger partial charge in [0.15, 0.2) is 0 Å². The van der Waals surface area contributed by atoms with Crippen LogP contribution in [0.25, 0.3) is 0 Å². The first-order chi connectivity index (χ1) is 17.9. The van der Waals surface area contributed by atoms with Gasteiger partial charge in [0.05, 0.1) is 13.2 Å². The fraction of sp³-hybridized carbons (Fsp3) is 0.321. The number of piperazine rings is 1. The molecule has 1 aliphatic heterocycles. The summed E-state index contributed by atoms with van der Waals surface area (Å²) < 4.78 is 11.7. The zero-order valence-electron chi connectivity index (χ0n) is 21.0. The van der Waals surface area contributed by atoms with Crippen LogP contribution in [-0.2, 0) is 16.1 Å². The van der Waals surface area contributed by atoms with Crippen molar-refractivity contribution in [1.29, 1.82) is 0 Å². The van der Waals surface area contributed by atoms with Crippen molar-refractivity contribution in [1.82, 2.24) is 20.1 Å². The fourth-order valence-electron chi connectivity index (χ4n) is 3.90. The van der Waals surface area contributed by atoms with E-state index in [4.69, 9.17) is 21.1 Å². The molecular weight excluding hydrogens is 492 g/mol. The highest BCUT2D eigenvalue weighted by Gasteiger charge is 2.29. The summed E-state index contributed by atoms with van der Waals surface area (Å²) in [5, 5.41) is 3.43. The number of ether oxygens (including phenoxy) is 2. The first-order valence-electron chi connectivity index (χ1n) is 12.2. The lowest BCUT2D eigenvalue weighted by Gasteiger charge is -2.34. The van der Waals surface area contributed by atoms with Crippen LogP contribution in [0.1, 0.15) is 21.5 Å². The molecule has 2 amide bonds. The lowest BCUT2D eigenvalue weighted by atomic mass is 10.1. The van der Waals surface area contributed by atoms with E-state index in [1.54, 1.807) is 47.5 Å². The van der Waals surface area contributed by atoms with Gasteiger partial charge in [0.2, 0.25) is 11.8 Å². The van der Waals surface area contributed by atoms with Crippen LogP contribution in [0.5, 0.6) is 11.6 Å². The maximum Gasteiger partial charge on any atom is 0.257 e. The maximum atomic E-state index is 13.4. The first-order valence-corrected chi connectivity index (χ1v) is 12.6. The number of benzene rings is 2. The molecule has 0 spiro atoms. The van der Waals surface area contributed by atoms with Crippen molar-refractivity contribution in [2.75, 3.05) is 39.8 Å². The molecule has 1 atom stereocenters. The second kappa shape index (κ2) is 12.7. The zero-order chi connectivity index (χ0) is 26.2. The van der Waals surface area contributed by atoms with Crippen LogP contribution in [0.15, 0.2) is 66.9 Å². The Morgan fingerprint density at radius 1 is 1.03 bits per heavy atom. The molecule has 4 rings (SSSR count). The number of nitrogens with one attached hydrogen (secondary N) is 1. The van der Waals surface area contributed by atoms with E-state index in [1.807, 2.05) is 38.2 Å². The van der Waals surface area contributed by atoms with Gasteiger partial charge in [-0.3, -0.25) is 9.59 Å². The molecule has 1 N–H and O–H groups in total. The molecular formula is C28H31ClN4O4. The predicted octanol–water partition coefficient (Wildman–Crippen LogP) is 3.92. The Morgan fingerprint density at radius 3 is 2.43 bits per heavy atom. The third-order valence-corrected chi connectivity index (χ3v) is 6.39. The fourth-order valence-corrected chi connectivity index (χ4v) is 4.02. The summed E-state index contributed by atoms with van der Waals surface area (Å²) in [5.41, 5.74) is 2.37. The number of nitrogens with zero attached hydrogens (tertiary/aromatic N) is 3. The topological polar surface area (TPSA) is 84.0 Å². The van der Waals surface area contributed by atoms with E-state index in [1.165, 1.54) is 0 Å². The number of hydrogen-bond donors (Lipinski definition) is 1. The summed E-state index contributed by atoms with van der Waals surface area (Å²) in [6.45, 7) is 5.14. The molecule has 1 aliphatic rings. The van der Waals surface area contributed by atoms with Crippen molar-refractivity contribution in [2.45, 2.75) is 19.6 Å². The van der Waals surface area contributed by atoms with E-state index in [-0.39, 0.29) is 24.0 Å². The van der Waals surface area contributed by atoms with Crippen molar-refractivity contribution >= 4 is 23.4 Å². The van der Waals surface area contributed by atoms with Crippen molar-refractivity contribution in [2.24, 2.45) is 0 Å². The maximum absolute atomic E-state index is 13.4. The SMILES string of the molecule is Cc1ccc(COC[C@@H](NC(=O)c2cccnc2Oc2ccc(Cl)cc2)C(=O)N2CCN(C)CC2)cc1. The second-order valence-corrected chi connectivity index (χ2v) is 9.50. The summed E-state index contributed by atoms with van der Waals surface area (Å²) in [5.74, 6) is -0.0183. The molecule has 2 aromatic carbocycles. The number of halogens is 1. The lowest BCUT2D eigenvalue weighted by molar-refractivity contribution is -0.136. The third-order valence-electron chi connectivity index (χ3n) is 6.14. The number of aromatic nitrogens is 1. The number of amides is 2. The number of rotatable bonds is 9. The van der Waals surface area contributed by atoms with E-state index in [9.17, 15) is 9.59 Å². The van der Waals surface area contributed by atoms with E-state index in [0.717, 1.165) is 24.2 Å². The predicted molar refractivity (Wildman–Crippen MR) is 142 cm³/mol. The number of aryl methyl sites for hydroxylation is 1. The minimum Gasteiger partial charge on any atom is -0.438 e. The van der Waals surface area contributed by atoms with Crippen LogP contribution < -0.4 is 10.1 Å². The Hall–Kier alpha value is -3.46. The summed E-state index contributed by atoms with van der Waals surface area (Å²) in [4.78, 5) is 34.9. The quantitative estimate of drug-likeness (QED) is 0.458. The molecule has 1 aromatic heterocycles. The molecule has 3 aromatic rings. The highest BCUT2D eigenvalue weighted by molar-refractivity contribution is 6.30. The molecule has 9 heteroatoms. The minimum atomic E-state index is -0.857. The van der Waals surface area contributed by atoms with Gasteiger partial charge >= 0.3 is 0 Å². The van der Waals surface area contributed by atoms with Gasteiger partial charge in [0.25, 0.3) is 5.91 Å². The second-order valence-electron chi connectivity index (χ2n) is 9.07. The molecule has 0 saturated carbocycles. The molecule has 8 nitrogen and oxygen atoms in total. The number of carbonyl (C=O) groups is 2. The molecule has 0 radical (unpaired) electrons. The zero-order valence-corrected chi connectivity index (χ0v) is 21.8. The van der Waals surface area contributed by atoms with Crippen molar-refractivity contribution in [3.63, 3.8) is 0 Å². The Bertz CT molecular complexity index is 1200. The van der Waals surface area contributed by atoms with Crippen LogP contribution in [0, 0.1) is 6.92 Å². The standard InChI is InChI=1S/C28H31ClN4O4/c1-20-5-7-21(8-6-20)18-36-19-25(28(35)33-16-14-32(2)15-17-33)31-26(34)24-4-3-13-30-27(24)37-23-11-9-22(29)10-12-23/h3-13,25H,14-19H2,1-2H3,(H,31,34)/t25-/m1/s1. The van der Waals surface area contributed by atoms with Crippen LogP contribution in [0.3, 0.4) is 0 Å². The molecule has 0 aliphatic carbocycles. The third kappa shape index (κ3) is 7.52. The summed E-state index contributed by atoms with van der Waals surface area (Å²) >= 11 is 5.96. The average molecular weight is 523 g/mol. The van der Waals surface area contributed by atoms with Gasteiger partial charge < -0.3 is 24.6 Å². The van der Waals surface area contributed by atoms with Gasteiger partial charge in [-0.15, -0.1) is 0 Å². The Morgan fingerprint density at radius 2 is 1.73 bits per heavy atom. The van der Waals surface area contributed by atoms with Crippen LogP contribution >= 0.6 is 11.6 Å². The van der Waals surface area contributed by atoms with Crippen LogP contribution in [0.4, 0.5) is 0 Å². The van der Waals surface area contributed by atoms with E-state index >= 15 is 0 Å². The highest BCUT2D eigenvalue weighted by Crippen LogP contribution is 2.24. The van der Waals surface area contributed by atoms with Crippen LogP contribution in [0.2, 0.25) is 5.02 Å². The smallest absolute Gasteiger partial charge is 0.257 e. The van der Waals surface area contributed by atoms with Gasteiger partial charge in [-0.1, -0.05) is 41.4 Å². The molecule has 1 saturated heterocycles. The van der Waals surface area contributed by atoms with Crippen LogP contribution in [-0.4, -0.2) is 72.5 Å². The minimum absolute atomic E-state index is 0.0401. The number of likely N-dealkylation sites (N-methyl/N-ethyl adjacent to an activating group) is 1. The Kier molecular flexibility index (Phi) is 9.11. The largest absolute Gasteiger partial charge is 0.438 e. The molecule has 37 heavy (non-hydrogen) atoms.